The van der Waals surface area contributed by atoms with Gasteiger partial charge in [-0.2, -0.15) is 0 Å². The highest BCUT2D eigenvalue weighted by molar-refractivity contribution is 7.13. The summed E-state index contributed by atoms with van der Waals surface area (Å²) in [4.78, 5) is 16.8. The minimum atomic E-state index is -0.616. The van der Waals surface area contributed by atoms with E-state index in [0.29, 0.717) is 10.9 Å². The van der Waals surface area contributed by atoms with E-state index >= 15 is 0 Å². The molecule has 0 spiro atoms. The van der Waals surface area contributed by atoms with Crippen molar-refractivity contribution in [2.24, 2.45) is 0 Å². The Kier molecular flexibility index (Phi) is 5.76. The summed E-state index contributed by atoms with van der Waals surface area (Å²) in [5.41, 5.74) is 10.5. The van der Waals surface area contributed by atoms with Crippen LogP contribution in [0.1, 0.15) is 25.0 Å². The maximum Gasteiger partial charge on any atom is 0.265 e. The zero-order valence-electron chi connectivity index (χ0n) is 15.7. The molecule has 0 fully saturated rings. The van der Waals surface area contributed by atoms with Crippen molar-refractivity contribution in [3.63, 3.8) is 0 Å². The number of anilines is 2. The minimum Gasteiger partial charge on any atom is -0.481 e. The Bertz CT molecular complexity index is 935. The van der Waals surface area contributed by atoms with Crippen LogP contribution in [-0.4, -0.2) is 17.0 Å². The average molecular weight is 382 g/mol. The largest absolute Gasteiger partial charge is 0.481 e. The molecule has 3 N–H and O–H groups in total. The first-order valence-corrected chi connectivity index (χ1v) is 9.73. The van der Waals surface area contributed by atoms with Crippen LogP contribution < -0.4 is 15.8 Å². The van der Waals surface area contributed by atoms with Crippen molar-refractivity contribution in [2.75, 3.05) is 11.1 Å². The Morgan fingerprint density at radius 1 is 1.26 bits per heavy atom. The Labute approximate surface area is 163 Å². The van der Waals surface area contributed by atoms with Gasteiger partial charge >= 0.3 is 0 Å². The lowest BCUT2D eigenvalue weighted by Crippen LogP contribution is -2.30. The Balaban J connectivity index is 1.66. The molecular formula is C21H23N3O2S. The summed E-state index contributed by atoms with van der Waals surface area (Å²) in [6, 6.07) is 13.5. The topological polar surface area (TPSA) is 77.2 Å². The van der Waals surface area contributed by atoms with Gasteiger partial charge in [-0.1, -0.05) is 25.1 Å². The van der Waals surface area contributed by atoms with Crippen molar-refractivity contribution < 1.29 is 9.53 Å². The van der Waals surface area contributed by atoms with Crippen LogP contribution in [0.5, 0.6) is 5.75 Å². The predicted molar refractivity (Wildman–Crippen MR) is 111 cm³/mol. The molecule has 0 saturated carbocycles. The number of hydrogen-bond acceptors (Lipinski definition) is 5. The van der Waals surface area contributed by atoms with Crippen LogP contribution >= 0.6 is 11.3 Å². The SMILES string of the molecule is CCc1cccc(C)c1NC(=O)C(C)Oc1ccc(-c2csc(N)n2)cc1. The molecule has 0 aliphatic carbocycles. The second-order valence-electron chi connectivity index (χ2n) is 6.31. The van der Waals surface area contributed by atoms with Crippen molar-refractivity contribution in [2.45, 2.75) is 33.3 Å². The maximum atomic E-state index is 12.6. The van der Waals surface area contributed by atoms with Gasteiger partial charge in [-0.25, -0.2) is 4.98 Å². The van der Waals surface area contributed by atoms with Gasteiger partial charge in [-0.05, 0) is 55.7 Å². The summed E-state index contributed by atoms with van der Waals surface area (Å²) >= 11 is 1.41. The summed E-state index contributed by atoms with van der Waals surface area (Å²) < 4.78 is 5.80. The number of nitrogens with two attached hydrogens (primary N) is 1. The summed E-state index contributed by atoms with van der Waals surface area (Å²) in [6.07, 6.45) is 0.241. The monoisotopic (exact) mass is 381 g/mol. The van der Waals surface area contributed by atoms with Crippen molar-refractivity contribution in [3.05, 3.63) is 59.0 Å². The van der Waals surface area contributed by atoms with Crippen molar-refractivity contribution in [1.82, 2.24) is 4.98 Å². The van der Waals surface area contributed by atoms with Crippen LogP contribution in [0.4, 0.5) is 10.8 Å². The number of aryl methyl sites for hydroxylation is 2. The highest BCUT2D eigenvalue weighted by Gasteiger charge is 2.17. The first-order chi connectivity index (χ1) is 13.0. The van der Waals surface area contributed by atoms with Crippen LogP contribution in [0.15, 0.2) is 47.8 Å². The van der Waals surface area contributed by atoms with E-state index in [1.165, 1.54) is 11.3 Å². The standard InChI is InChI=1S/C21H23N3O2S/c1-4-15-7-5-6-13(2)19(15)24-20(25)14(3)26-17-10-8-16(9-11-17)18-12-27-21(22)23-18/h5-12,14H,4H2,1-3H3,(H2,22,23)(H,24,25). The number of amides is 1. The van der Waals surface area contributed by atoms with Gasteiger partial charge in [0.15, 0.2) is 11.2 Å². The molecule has 1 aromatic heterocycles. The zero-order chi connectivity index (χ0) is 19.4. The van der Waals surface area contributed by atoms with Crippen LogP contribution in [0.2, 0.25) is 0 Å². The fraction of sp³-hybridized carbons (Fsp3) is 0.238. The molecule has 3 aromatic rings. The molecule has 3 rings (SSSR count). The van der Waals surface area contributed by atoms with E-state index in [4.69, 9.17) is 10.5 Å². The smallest absolute Gasteiger partial charge is 0.265 e. The molecule has 5 nitrogen and oxygen atoms in total. The molecule has 140 valence electrons. The van der Waals surface area contributed by atoms with Gasteiger partial charge in [0.1, 0.15) is 5.75 Å². The fourth-order valence-corrected chi connectivity index (χ4v) is 3.38. The Morgan fingerprint density at radius 3 is 2.63 bits per heavy atom. The summed E-state index contributed by atoms with van der Waals surface area (Å²) in [7, 11) is 0. The number of benzene rings is 2. The van der Waals surface area contributed by atoms with Gasteiger partial charge in [0.2, 0.25) is 0 Å². The van der Waals surface area contributed by atoms with Gasteiger partial charge in [0.05, 0.1) is 5.69 Å². The normalized spacial score (nSPS) is 11.8. The third-order valence-corrected chi connectivity index (χ3v) is 5.02. The van der Waals surface area contributed by atoms with Crippen molar-refractivity contribution in [3.8, 4) is 17.0 Å². The molecule has 0 bridgehead atoms. The summed E-state index contributed by atoms with van der Waals surface area (Å²) in [5.74, 6) is 0.459. The summed E-state index contributed by atoms with van der Waals surface area (Å²) in [6.45, 7) is 5.81. The molecule has 1 atom stereocenters. The third-order valence-electron chi connectivity index (χ3n) is 4.34. The van der Waals surface area contributed by atoms with Crippen LogP contribution in [0.25, 0.3) is 11.3 Å². The van der Waals surface area contributed by atoms with E-state index in [1.807, 2.05) is 54.8 Å². The highest BCUT2D eigenvalue weighted by Crippen LogP contribution is 2.26. The van der Waals surface area contributed by atoms with Crippen molar-refractivity contribution >= 4 is 28.1 Å². The van der Waals surface area contributed by atoms with E-state index in [0.717, 1.165) is 34.5 Å². The van der Waals surface area contributed by atoms with E-state index in [9.17, 15) is 4.79 Å². The number of para-hydroxylation sites is 1. The van der Waals surface area contributed by atoms with Gasteiger partial charge in [0.25, 0.3) is 5.91 Å². The Hall–Kier alpha value is -2.86. The fourth-order valence-electron chi connectivity index (χ4n) is 2.81. The van der Waals surface area contributed by atoms with E-state index in [1.54, 1.807) is 6.92 Å². The first-order valence-electron chi connectivity index (χ1n) is 8.85. The lowest BCUT2D eigenvalue weighted by Gasteiger charge is -2.18. The lowest BCUT2D eigenvalue weighted by atomic mass is 10.1. The molecule has 1 amide bonds. The number of aromatic nitrogens is 1. The first kappa shape index (κ1) is 18.9. The molecular weight excluding hydrogens is 358 g/mol. The molecule has 27 heavy (non-hydrogen) atoms. The van der Waals surface area contributed by atoms with Gasteiger partial charge < -0.3 is 15.8 Å². The molecule has 0 aliphatic rings. The maximum absolute atomic E-state index is 12.6. The Morgan fingerprint density at radius 2 is 2.00 bits per heavy atom. The quantitative estimate of drug-likeness (QED) is 0.650. The summed E-state index contributed by atoms with van der Waals surface area (Å²) in [5, 5.41) is 5.45. The van der Waals surface area contributed by atoms with E-state index in [-0.39, 0.29) is 5.91 Å². The van der Waals surface area contributed by atoms with Gasteiger partial charge in [0, 0.05) is 16.6 Å². The zero-order valence-corrected chi connectivity index (χ0v) is 16.5. The predicted octanol–water partition coefficient (Wildman–Crippen LogP) is 4.67. The van der Waals surface area contributed by atoms with E-state index < -0.39 is 6.10 Å². The number of rotatable bonds is 6. The van der Waals surface area contributed by atoms with Gasteiger partial charge in [-0.3, -0.25) is 4.79 Å². The minimum absolute atomic E-state index is 0.171. The third kappa shape index (κ3) is 4.46. The highest BCUT2D eigenvalue weighted by atomic mass is 32.1. The number of carbonyl (C=O) groups excluding carboxylic acids is 1. The van der Waals surface area contributed by atoms with E-state index in [2.05, 4.69) is 17.2 Å². The molecule has 1 heterocycles. The number of nitrogens with one attached hydrogen (secondary N) is 1. The molecule has 1 unspecified atom stereocenters. The molecule has 0 saturated heterocycles. The van der Waals surface area contributed by atoms with Crippen LogP contribution in [0, 0.1) is 6.92 Å². The molecule has 2 aromatic carbocycles. The number of thiazole rings is 1. The molecule has 6 heteroatoms. The number of nitrogen functional groups attached to an aromatic ring is 1. The number of hydrogen-bond donors (Lipinski definition) is 2. The van der Waals surface area contributed by atoms with Gasteiger partial charge in [-0.15, -0.1) is 11.3 Å². The number of nitrogens with zero attached hydrogens (tertiary/aromatic N) is 1. The second kappa shape index (κ2) is 8.22. The van der Waals surface area contributed by atoms with Crippen LogP contribution in [0.3, 0.4) is 0 Å². The molecule has 0 radical (unpaired) electrons. The lowest BCUT2D eigenvalue weighted by molar-refractivity contribution is -0.122. The van der Waals surface area contributed by atoms with Crippen LogP contribution in [-0.2, 0) is 11.2 Å². The molecule has 0 aliphatic heterocycles. The number of ether oxygens (including phenoxy) is 1. The van der Waals surface area contributed by atoms with Crippen molar-refractivity contribution in [1.29, 1.82) is 0 Å². The number of carbonyl (C=O) groups is 1. The average Bonchev–Trinajstić information content (AvgIpc) is 3.10. The second-order valence-corrected chi connectivity index (χ2v) is 7.20.